The molecule has 236 valence electrons. The van der Waals surface area contributed by atoms with Gasteiger partial charge in [0.25, 0.3) is 0 Å². The second-order valence-electron chi connectivity index (χ2n) is 10.9. The van der Waals surface area contributed by atoms with Gasteiger partial charge >= 0.3 is 11.9 Å². The highest BCUT2D eigenvalue weighted by atomic mass is 32.1. The van der Waals surface area contributed by atoms with Gasteiger partial charge in [-0.05, 0) is 72.3 Å². The molecule has 0 aliphatic heterocycles. The van der Waals surface area contributed by atoms with Crippen molar-refractivity contribution in [2.75, 3.05) is 13.2 Å². The van der Waals surface area contributed by atoms with E-state index in [0.29, 0.717) is 12.4 Å². The fourth-order valence-corrected chi connectivity index (χ4v) is 5.30. The molecule has 0 aliphatic rings. The fraction of sp³-hybridized carbons (Fsp3) is 0.281. The lowest BCUT2D eigenvalue weighted by Gasteiger charge is -2.28. The van der Waals surface area contributed by atoms with Crippen LogP contribution in [0.15, 0.2) is 66.2 Å². The number of carboxylic acid groups (broad SMARTS) is 2. The number of hydrogen-bond acceptors (Lipinski definition) is 9. The van der Waals surface area contributed by atoms with Crippen LogP contribution >= 0.6 is 11.3 Å². The third-order valence-electron chi connectivity index (χ3n) is 6.71. The summed E-state index contributed by atoms with van der Waals surface area (Å²) in [6, 6.07) is 18.3. The molecule has 12 nitrogen and oxygen atoms in total. The highest BCUT2D eigenvalue weighted by Gasteiger charge is 2.22. The lowest BCUT2D eigenvalue weighted by atomic mass is 9.94. The second-order valence-corrected chi connectivity index (χ2v) is 11.8. The van der Waals surface area contributed by atoms with E-state index >= 15 is 0 Å². The van der Waals surface area contributed by atoms with E-state index in [4.69, 9.17) is 14.9 Å². The fourth-order valence-electron chi connectivity index (χ4n) is 4.54. The first-order chi connectivity index (χ1) is 21.6. The molecule has 0 radical (unpaired) electrons. The highest BCUT2D eigenvalue weighted by molar-refractivity contribution is 7.13. The van der Waals surface area contributed by atoms with Gasteiger partial charge in [-0.2, -0.15) is 5.21 Å². The van der Waals surface area contributed by atoms with E-state index in [1.807, 2.05) is 48.6 Å². The van der Waals surface area contributed by atoms with Crippen LogP contribution in [0.25, 0.3) is 33.5 Å². The quantitative estimate of drug-likeness (QED) is 0.0987. The van der Waals surface area contributed by atoms with Gasteiger partial charge in [0.1, 0.15) is 18.5 Å². The molecule has 6 N–H and O–H groups in total. The van der Waals surface area contributed by atoms with Gasteiger partial charge in [0.15, 0.2) is 5.82 Å². The number of ether oxygens (including phenoxy) is 1. The Hall–Kier alpha value is -4.85. The number of tetrazole rings is 1. The van der Waals surface area contributed by atoms with Gasteiger partial charge in [-0.25, -0.2) is 0 Å². The van der Waals surface area contributed by atoms with Gasteiger partial charge in [0, 0.05) is 34.1 Å². The summed E-state index contributed by atoms with van der Waals surface area (Å²) in [4.78, 5) is 23.8. The maximum Gasteiger partial charge on any atom is 0.303 e. The molecule has 13 heteroatoms. The molecule has 0 bridgehead atoms. The number of thiophene rings is 1. The second kappa shape index (κ2) is 15.7. The first kappa shape index (κ1) is 33.1. The molecule has 0 aliphatic carbocycles. The van der Waals surface area contributed by atoms with Gasteiger partial charge in [-0.15, -0.1) is 21.5 Å². The number of rotatable bonds is 14. The smallest absolute Gasteiger partial charge is 0.303 e. The Labute approximate surface area is 263 Å². The standard InChI is InChI=1S/C28H30N6O2S.C4H6O4/c1-28(2,30-17-21(35)18-36-24-10-4-3-8-23(24)25-11-6-14-37-25)15-20-16-29-27-19(7-5-9-22(20)27)12-13-26-31-33-34-32-26;5-3(6)1-2-4(7)8/h3-14,16,21,29-30,35H,15,17-18H2,1-2H3,(H,31,32,33,34);1-2H2,(H,5,6)(H,7,8)/b13-12+;/t21-;/m0./s1. The molecule has 0 saturated heterocycles. The van der Waals surface area contributed by atoms with E-state index in [1.165, 1.54) is 10.9 Å². The van der Waals surface area contributed by atoms with Crippen LogP contribution < -0.4 is 10.1 Å². The maximum absolute atomic E-state index is 10.7. The number of fused-ring (bicyclic) bond motifs is 1. The molecular weight excluding hydrogens is 596 g/mol. The first-order valence-electron chi connectivity index (χ1n) is 14.2. The predicted octanol–water partition coefficient (Wildman–Crippen LogP) is 4.87. The van der Waals surface area contributed by atoms with Crippen molar-refractivity contribution in [3.63, 3.8) is 0 Å². The number of H-pyrrole nitrogens is 2. The van der Waals surface area contributed by atoms with Crippen LogP contribution in [0.2, 0.25) is 0 Å². The van der Waals surface area contributed by atoms with Gasteiger partial charge in [0.05, 0.1) is 18.4 Å². The average molecular weight is 633 g/mol. The molecule has 0 saturated carbocycles. The molecule has 3 aromatic heterocycles. The Morgan fingerprint density at radius 1 is 1.04 bits per heavy atom. The number of aromatic nitrogens is 5. The number of hydrogen-bond donors (Lipinski definition) is 6. The predicted molar refractivity (Wildman–Crippen MR) is 173 cm³/mol. The molecule has 0 fully saturated rings. The number of benzene rings is 2. The molecule has 5 rings (SSSR count). The molecule has 0 unspecified atom stereocenters. The molecule has 45 heavy (non-hydrogen) atoms. The van der Waals surface area contributed by atoms with Crippen molar-refractivity contribution in [1.29, 1.82) is 0 Å². The van der Waals surface area contributed by atoms with Crippen LogP contribution in [0.1, 0.15) is 43.6 Å². The largest absolute Gasteiger partial charge is 0.490 e. The van der Waals surface area contributed by atoms with Crippen molar-refractivity contribution < 1.29 is 29.6 Å². The minimum absolute atomic E-state index is 0.217. The minimum atomic E-state index is -1.08. The molecular formula is C32H36N6O6S. The van der Waals surface area contributed by atoms with Crippen molar-refractivity contribution in [3.8, 4) is 16.2 Å². The maximum atomic E-state index is 10.7. The highest BCUT2D eigenvalue weighted by Crippen LogP contribution is 2.33. The first-order valence-corrected chi connectivity index (χ1v) is 15.1. The summed E-state index contributed by atoms with van der Waals surface area (Å²) < 4.78 is 6.00. The molecule has 2 aromatic carbocycles. The number of carboxylic acids is 2. The molecule has 1 atom stereocenters. The number of aliphatic carboxylic acids is 2. The summed E-state index contributed by atoms with van der Waals surface area (Å²) >= 11 is 1.67. The molecule has 5 aromatic rings. The van der Waals surface area contributed by atoms with Gasteiger partial charge < -0.3 is 30.4 Å². The monoisotopic (exact) mass is 632 g/mol. The number of nitrogens with one attached hydrogen (secondary N) is 3. The number of para-hydroxylation sites is 2. The third kappa shape index (κ3) is 10.1. The zero-order valence-electron chi connectivity index (χ0n) is 24.9. The third-order valence-corrected chi connectivity index (χ3v) is 7.62. The number of aromatic amines is 2. The number of carbonyl (C=O) groups is 2. The SMILES string of the molecule is CC(C)(Cc1c[nH]c2c(/C=C/c3nn[nH]n3)cccc12)NC[C@H](O)COc1ccccc1-c1cccs1.O=C(O)CCC(=O)O. The summed E-state index contributed by atoms with van der Waals surface area (Å²) in [7, 11) is 0. The van der Waals surface area contributed by atoms with Crippen LogP contribution in [-0.4, -0.2) is 77.7 Å². The Kier molecular flexibility index (Phi) is 11.6. The summed E-state index contributed by atoms with van der Waals surface area (Å²) in [6.07, 6.45) is 5.42. The van der Waals surface area contributed by atoms with Crippen molar-refractivity contribution in [1.82, 2.24) is 30.9 Å². The lowest BCUT2D eigenvalue weighted by Crippen LogP contribution is -2.46. The van der Waals surface area contributed by atoms with Crippen LogP contribution in [-0.2, 0) is 16.0 Å². The van der Waals surface area contributed by atoms with Crippen molar-refractivity contribution in [2.45, 2.75) is 44.8 Å². The number of aliphatic hydroxyl groups excluding tert-OH is 1. The normalized spacial score (nSPS) is 12.2. The Morgan fingerprint density at radius 2 is 1.82 bits per heavy atom. The topological polar surface area (TPSA) is 186 Å². The van der Waals surface area contributed by atoms with Crippen molar-refractivity contribution in [2.24, 2.45) is 0 Å². The van der Waals surface area contributed by atoms with Crippen molar-refractivity contribution in [3.05, 3.63) is 83.1 Å². The number of aliphatic hydroxyl groups is 1. The minimum Gasteiger partial charge on any atom is -0.490 e. The molecule has 0 spiro atoms. The van der Waals surface area contributed by atoms with Crippen LogP contribution in [0, 0.1) is 0 Å². The zero-order chi connectivity index (χ0) is 32.2. The Bertz CT molecular complexity index is 1680. The molecule has 3 heterocycles. The van der Waals surface area contributed by atoms with Crippen LogP contribution in [0.3, 0.4) is 0 Å². The number of β-amino-alcohol motifs (C(OH)–C–C–N with tert-alkyl or cyclic N) is 1. The van der Waals surface area contributed by atoms with Gasteiger partial charge in [0.2, 0.25) is 0 Å². The van der Waals surface area contributed by atoms with E-state index in [-0.39, 0.29) is 25.0 Å². The molecule has 0 amide bonds. The summed E-state index contributed by atoms with van der Waals surface area (Å²) in [5, 5.41) is 47.2. The van der Waals surface area contributed by atoms with Crippen molar-refractivity contribution >= 4 is 46.3 Å². The van der Waals surface area contributed by atoms with E-state index in [9.17, 15) is 14.7 Å². The average Bonchev–Trinajstić information content (AvgIpc) is 3.81. The summed E-state index contributed by atoms with van der Waals surface area (Å²) in [6.45, 7) is 4.93. The van der Waals surface area contributed by atoms with E-state index in [2.05, 4.69) is 74.5 Å². The zero-order valence-corrected chi connectivity index (χ0v) is 25.8. The Morgan fingerprint density at radius 3 is 2.51 bits per heavy atom. The van der Waals surface area contributed by atoms with E-state index < -0.39 is 18.0 Å². The summed E-state index contributed by atoms with van der Waals surface area (Å²) in [5.74, 6) is -0.835. The summed E-state index contributed by atoms with van der Waals surface area (Å²) in [5.41, 5.74) is 4.13. The van der Waals surface area contributed by atoms with Gasteiger partial charge in [-0.3, -0.25) is 9.59 Å². The van der Waals surface area contributed by atoms with Gasteiger partial charge in [-0.1, -0.05) is 36.4 Å². The van der Waals surface area contributed by atoms with E-state index in [1.54, 1.807) is 11.3 Å². The Balaban J connectivity index is 0.000000510. The lowest BCUT2D eigenvalue weighted by molar-refractivity contribution is -0.143. The number of nitrogens with zero attached hydrogens (tertiary/aromatic N) is 3. The van der Waals surface area contributed by atoms with Crippen LogP contribution in [0.4, 0.5) is 0 Å². The van der Waals surface area contributed by atoms with E-state index in [0.717, 1.165) is 33.7 Å². The van der Waals surface area contributed by atoms with Crippen LogP contribution in [0.5, 0.6) is 5.75 Å².